The van der Waals surface area contributed by atoms with Crippen molar-refractivity contribution in [1.29, 1.82) is 0 Å². The molecule has 0 amide bonds. The third kappa shape index (κ3) is 4.55. The van der Waals surface area contributed by atoms with Gasteiger partial charge in [-0.2, -0.15) is 0 Å². The molecule has 0 radical (unpaired) electrons. The fraction of sp³-hybridized carbons (Fsp3) is 0.385. The Morgan fingerprint density at radius 3 is 0.736 bits per heavy atom. The minimum atomic E-state index is 1.04. The largest absolute Gasteiger partial charge is 0.455 e. The van der Waals surface area contributed by atoms with Crippen LogP contribution in [0.15, 0.2) is 4.42 Å². The van der Waals surface area contributed by atoms with Gasteiger partial charge in [0.1, 0.15) is 11.2 Å². The highest BCUT2D eigenvalue weighted by molar-refractivity contribution is 6.27. The minimum Gasteiger partial charge on any atom is -0.455 e. The molecule has 7 rings (SSSR count). The number of fused-ring (bicyclic) bond motifs is 5. The van der Waals surface area contributed by atoms with E-state index in [0.717, 1.165) is 11.2 Å². The first-order valence-corrected chi connectivity index (χ1v) is 19.7. The summed E-state index contributed by atoms with van der Waals surface area (Å²) in [5.74, 6) is 0. The zero-order valence-corrected chi connectivity index (χ0v) is 36.4. The summed E-state index contributed by atoms with van der Waals surface area (Å²) >= 11 is 0. The number of benzene rings is 6. The first kappa shape index (κ1) is 37.0. The number of aryl methyl sites for hydroxylation is 8. The third-order valence-electron chi connectivity index (χ3n) is 15.2. The maximum atomic E-state index is 6.95. The second-order valence-corrected chi connectivity index (χ2v) is 17.0. The van der Waals surface area contributed by atoms with Crippen molar-refractivity contribution >= 4 is 43.5 Å². The van der Waals surface area contributed by atoms with Gasteiger partial charge in [0, 0.05) is 10.8 Å². The summed E-state index contributed by atoms with van der Waals surface area (Å²) in [5.41, 5.74) is 35.0. The van der Waals surface area contributed by atoms with Crippen molar-refractivity contribution in [3.05, 3.63) is 111 Å². The summed E-state index contributed by atoms with van der Waals surface area (Å²) in [6.07, 6.45) is 0. The fourth-order valence-electron chi connectivity index (χ4n) is 10.2. The number of furan rings is 1. The van der Waals surface area contributed by atoms with Gasteiger partial charge in [0.05, 0.1) is 0 Å². The smallest absolute Gasteiger partial charge is 0.138 e. The zero-order valence-electron chi connectivity index (χ0n) is 36.4. The van der Waals surface area contributed by atoms with Crippen molar-refractivity contribution < 1.29 is 4.42 Å². The van der Waals surface area contributed by atoms with Crippen LogP contribution in [0.5, 0.6) is 0 Å². The van der Waals surface area contributed by atoms with Crippen LogP contribution in [0.1, 0.15) is 111 Å². The number of hydrogen-bond donors (Lipinski definition) is 0. The van der Waals surface area contributed by atoms with E-state index < -0.39 is 0 Å². The van der Waals surface area contributed by atoms with Crippen LogP contribution in [0.4, 0.5) is 0 Å². The lowest BCUT2D eigenvalue weighted by Crippen LogP contribution is -2.07. The molecular formula is C52H60O. The number of rotatable bonds is 2. The Bertz CT molecular complexity index is 2730. The second-order valence-electron chi connectivity index (χ2n) is 17.0. The Balaban J connectivity index is 1.91. The van der Waals surface area contributed by atoms with E-state index in [4.69, 9.17) is 4.42 Å². The Morgan fingerprint density at radius 2 is 0.377 bits per heavy atom. The van der Waals surface area contributed by atoms with Gasteiger partial charge < -0.3 is 4.42 Å². The van der Waals surface area contributed by atoms with Crippen LogP contribution in [0, 0.1) is 138 Å². The molecule has 0 N–H and O–H groups in total. The molecule has 0 spiro atoms. The number of hydrogen-bond acceptors (Lipinski definition) is 1. The zero-order chi connectivity index (χ0) is 39.2. The van der Waals surface area contributed by atoms with Gasteiger partial charge in [-0.3, -0.25) is 0 Å². The van der Waals surface area contributed by atoms with E-state index in [1.807, 2.05) is 0 Å². The summed E-state index contributed by atoms with van der Waals surface area (Å²) < 4.78 is 6.95. The van der Waals surface area contributed by atoms with E-state index in [0.29, 0.717) is 0 Å². The molecule has 6 aromatic carbocycles. The van der Waals surface area contributed by atoms with Gasteiger partial charge in [-0.25, -0.2) is 0 Å². The van der Waals surface area contributed by atoms with Crippen LogP contribution in [0.3, 0.4) is 0 Å². The van der Waals surface area contributed by atoms with Crippen LogP contribution >= 0.6 is 0 Å². The Kier molecular flexibility index (Phi) is 8.42. The summed E-state index contributed by atoms with van der Waals surface area (Å²) in [6.45, 7) is 46.7. The normalized spacial score (nSPS) is 12.2. The van der Waals surface area contributed by atoms with Crippen molar-refractivity contribution in [1.82, 2.24) is 0 Å². The molecule has 1 nitrogen and oxygen atoms in total. The standard InChI is InChI=1S/C52H60O/c1-21-22(2)30(10)41(31(11)23(21)3)49-43-32(12)24(4)26(6)34(14)45(43)50(46-35(15)27(7)25(5)33(13)44(46)49)42-37(17)39(19)52-48(40(42)20)47-36(16)28(8)29(9)38(18)51(47)53-52/h1-20H3. The molecule has 7 aromatic rings. The molecule has 0 unspecified atom stereocenters. The monoisotopic (exact) mass is 700 g/mol. The van der Waals surface area contributed by atoms with Gasteiger partial charge in [0.2, 0.25) is 0 Å². The van der Waals surface area contributed by atoms with Gasteiger partial charge in [0.25, 0.3) is 0 Å². The predicted octanol–water partition coefficient (Wildman–Crippen LogP) is 15.4. The minimum absolute atomic E-state index is 1.04. The van der Waals surface area contributed by atoms with Crippen LogP contribution in [-0.2, 0) is 0 Å². The molecule has 0 saturated carbocycles. The maximum absolute atomic E-state index is 6.95. The first-order chi connectivity index (χ1) is 24.7. The highest BCUT2D eigenvalue weighted by Crippen LogP contribution is 2.55. The summed E-state index contributed by atoms with van der Waals surface area (Å²) in [5, 5.41) is 8.21. The van der Waals surface area contributed by atoms with E-state index in [1.165, 1.54) is 166 Å². The Morgan fingerprint density at radius 1 is 0.170 bits per heavy atom. The predicted molar refractivity (Wildman–Crippen MR) is 234 cm³/mol. The molecule has 274 valence electrons. The molecule has 0 fully saturated rings. The summed E-state index contributed by atoms with van der Waals surface area (Å²) in [6, 6.07) is 0. The van der Waals surface area contributed by atoms with E-state index in [1.54, 1.807) is 0 Å². The average Bonchev–Trinajstić information content (AvgIpc) is 3.54. The molecular weight excluding hydrogens is 641 g/mol. The first-order valence-electron chi connectivity index (χ1n) is 19.7. The van der Waals surface area contributed by atoms with Crippen LogP contribution in [0.2, 0.25) is 0 Å². The average molecular weight is 701 g/mol. The van der Waals surface area contributed by atoms with Gasteiger partial charge in [-0.05, 0) is 294 Å². The van der Waals surface area contributed by atoms with Crippen molar-refractivity contribution in [2.75, 3.05) is 0 Å². The molecule has 0 bridgehead atoms. The van der Waals surface area contributed by atoms with Gasteiger partial charge >= 0.3 is 0 Å². The van der Waals surface area contributed by atoms with E-state index in [2.05, 4.69) is 138 Å². The van der Waals surface area contributed by atoms with E-state index >= 15 is 0 Å². The van der Waals surface area contributed by atoms with Gasteiger partial charge in [0.15, 0.2) is 0 Å². The fourth-order valence-corrected chi connectivity index (χ4v) is 10.2. The Labute approximate surface area is 318 Å². The quantitative estimate of drug-likeness (QED) is 0.164. The van der Waals surface area contributed by atoms with E-state index in [9.17, 15) is 0 Å². The molecule has 1 aromatic heterocycles. The molecule has 0 aliphatic rings. The molecule has 0 aliphatic carbocycles. The SMILES string of the molecule is Cc1c(C)c(C)c(-c2c3c(C)c(C)c(C)c(C)c3c(-c3c(C)c(C)c4oc5c(C)c(C)c(C)c(C)c5c4c3C)c3c(C)c(C)c(C)c(C)c23)c(C)c1C. The maximum Gasteiger partial charge on any atom is 0.138 e. The van der Waals surface area contributed by atoms with Gasteiger partial charge in [-0.1, -0.05) is 0 Å². The van der Waals surface area contributed by atoms with Crippen molar-refractivity contribution in [2.24, 2.45) is 0 Å². The second kappa shape index (κ2) is 12.1. The summed E-state index contributed by atoms with van der Waals surface area (Å²) in [4.78, 5) is 0. The molecule has 53 heavy (non-hydrogen) atoms. The van der Waals surface area contributed by atoms with Crippen molar-refractivity contribution in [2.45, 2.75) is 138 Å². The summed E-state index contributed by atoms with van der Waals surface area (Å²) in [7, 11) is 0. The Hall–Kier alpha value is -4.36. The molecule has 0 aliphatic heterocycles. The topological polar surface area (TPSA) is 13.1 Å². The van der Waals surface area contributed by atoms with Gasteiger partial charge in [-0.15, -0.1) is 0 Å². The highest BCUT2D eigenvalue weighted by Gasteiger charge is 2.31. The molecule has 1 heteroatoms. The van der Waals surface area contributed by atoms with Crippen molar-refractivity contribution in [3.8, 4) is 22.3 Å². The van der Waals surface area contributed by atoms with Crippen LogP contribution in [0.25, 0.3) is 65.7 Å². The van der Waals surface area contributed by atoms with Crippen LogP contribution < -0.4 is 0 Å². The third-order valence-corrected chi connectivity index (χ3v) is 15.2. The highest BCUT2D eigenvalue weighted by atomic mass is 16.3. The van der Waals surface area contributed by atoms with Crippen molar-refractivity contribution in [3.63, 3.8) is 0 Å². The van der Waals surface area contributed by atoms with Crippen LogP contribution in [-0.4, -0.2) is 0 Å². The van der Waals surface area contributed by atoms with E-state index in [-0.39, 0.29) is 0 Å². The molecule has 0 saturated heterocycles. The molecule has 1 heterocycles. The lowest BCUT2D eigenvalue weighted by Gasteiger charge is -2.30. The lowest BCUT2D eigenvalue weighted by molar-refractivity contribution is 0.661. The lowest BCUT2D eigenvalue weighted by atomic mass is 9.73. The molecule has 0 atom stereocenters.